The Hall–Kier alpha value is -2.88. The Bertz CT molecular complexity index is 992. The van der Waals surface area contributed by atoms with Crippen molar-refractivity contribution >= 4 is 27.5 Å². The van der Waals surface area contributed by atoms with Gasteiger partial charge in [-0.2, -0.15) is 0 Å². The lowest BCUT2D eigenvalue weighted by Crippen LogP contribution is -2.09. The van der Waals surface area contributed by atoms with Crippen LogP contribution in [-0.4, -0.2) is 17.7 Å². The number of carboxylic acid groups (broad SMARTS) is 1. The Labute approximate surface area is 139 Å². The molecule has 1 atom stereocenters. The van der Waals surface area contributed by atoms with Crippen LogP contribution in [0.5, 0.6) is 5.75 Å². The third kappa shape index (κ3) is 2.71. The average molecular weight is 322 g/mol. The van der Waals surface area contributed by atoms with Gasteiger partial charge in [0, 0.05) is 5.39 Å². The number of ether oxygens (including phenoxy) is 1. The molecule has 0 aliphatic carbocycles. The maximum Gasteiger partial charge on any atom is 0.310 e. The molecule has 0 saturated heterocycles. The molecular weight excluding hydrogens is 304 g/mol. The van der Waals surface area contributed by atoms with Gasteiger partial charge >= 0.3 is 5.97 Å². The first kappa shape index (κ1) is 16.0. The topological polar surface area (TPSA) is 63.6 Å². The lowest BCUT2D eigenvalue weighted by atomic mass is 9.98. The maximum absolute atomic E-state index is 13.0. The fourth-order valence-electron chi connectivity index (χ4n) is 2.86. The van der Waals surface area contributed by atoms with Crippen molar-refractivity contribution in [1.29, 1.82) is 0 Å². The van der Waals surface area contributed by atoms with E-state index in [9.17, 15) is 14.7 Å². The van der Waals surface area contributed by atoms with Gasteiger partial charge in [-0.15, -0.1) is 0 Å². The number of hydrogen-bond donors (Lipinski definition) is 1. The molecule has 1 N–H and O–H groups in total. The predicted molar refractivity (Wildman–Crippen MR) is 94.9 cm³/mol. The molecule has 0 aromatic heterocycles. The van der Waals surface area contributed by atoms with Crippen LogP contribution in [0, 0.1) is 0 Å². The number of rotatable bonds is 4. The van der Waals surface area contributed by atoms with Gasteiger partial charge in [0.2, 0.25) is 0 Å². The van der Waals surface area contributed by atoms with E-state index >= 15 is 0 Å². The van der Waals surface area contributed by atoms with Crippen LogP contribution in [0.15, 0.2) is 53.3 Å². The first-order chi connectivity index (χ1) is 11.5. The molecule has 1 unspecified atom stereocenters. The first-order valence-electron chi connectivity index (χ1n) is 7.88. The monoisotopic (exact) mass is 322 g/mol. The predicted octanol–water partition coefficient (Wildman–Crippen LogP) is 3.94. The lowest BCUT2D eigenvalue weighted by Gasteiger charge is -2.12. The van der Waals surface area contributed by atoms with Crippen LogP contribution < -0.4 is 10.2 Å². The number of carbonyl (C=O) groups is 1. The summed E-state index contributed by atoms with van der Waals surface area (Å²) < 4.78 is 5.67. The number of benzene rings is 2. The third-order valence-electron chi connectivity index (χ3n) is 4.20. The summed E-state index contributed by atoms with van der Waals surface area (Å²) in [6.07, 6.45) is 0. The second-order valence-corrected chi connectivity index (χ2v) is 5.73. The second-order valence-electron chi connectivity index (χ2n) is 5.73. The van der Waals surface area contributed by atoms with E-state index in [4.69, 9.17) is 4.74 Å². The molecule has 0 heterocycles. The molecule has 4 nitrogen and oxygen atoms in total. The molecule has 122 valence electrons. The van der Waals surface area contributed by atoms with Crippen LogP contribution in [0.2, 0.25) is 0 Å². The van der Waals surface area contributed by atoms with E-state index < -0.39 is 11.9 Å². The zero-order valence-electron chi connectivity index (χ0n) is 13.6. The van der Waals surface area contributed by atoms with Gasteiger partial charge in [0.25, 0.3) is 0 Å². The van der Waals surface area contributed by atoms with Gasteiger partial charge < -0.3 is 9.84 Å². The summed E-state index contributed by atoms with van der Waals surface area (Å²) >= 11 is 0. The van der Waals surface area contributed by atoms with Gasteiger partial charge in [-0.3, -0.25) is 9.59 Å². The Kier molecular flexibility index (Phi) is 4.21. The molecule has 0 bridgehead atoms. The molecule has 4 heteroatoms. The summed E-state index contributed by atoms with van der Waals surface area (Å²) in [5.74, 6) is -1.15. The SMILES string of the molecule is CCOc1cc(C(C)C(=O)O)cc2ccc3ccccc3c(=O)c12. The first-order valence-corrected chi connectivity index (χ1v) is 7.88. The fraction of sp³-hybridized carbons (Fsp3) is 0.200. The van der Waals surface area contributed by atoms with Crippen LogP contribution in [-0.2, 0) is 4.79 Å². The molecule has 3 aromatic carbocycles. The van der Waals surface area contributed by atoms with Crippen LogP contribution in [0.4, 0.5) is 0 Å². The largest absolute Gasteiger partial charge is 0.493 e. The fourth-order valence-corrected chi connectivity index (χ4v) is 2.86. The van der Waals surface area contributed by atoms with Crippen molar-refractivity contribution in [3.63, 3.8) is 0 Å². The summed E-state index contributed by atoms with van der Waals surface area (Å²) in [6.45, 7) is 3.86. The molecular formula is C20H18O4. The Morgan fingerprint density at radius 3 is 2.54 bits per heavy atom. The summed E-state index contributed by atoms with van der Waals surface area (Å²) in [5, 5.41) is 11.9. The van der Waals surface area contributed by atoms with Crippen LogP contribution >= 0.6 is 0 Å². The highest BCUT2D eigenvalue weighted by Gasteiger charge is 2.17. The minimum absolute atomic E-state index is 0.108. The zero-order chi connectivity index (χ0) is 17.3. The van der Waals surface area contributed by atoms with E-state index in [1.165, 1.54) is 0 Å². The van der Waals surface area contributed by atoms with Gasteiger partial charge in [0.05, 0.1) is 17.9 Å². The van der Waals surface area contributed by atoms with Crippen molar-refractivity contribution in [1.82, 2.24) is 0 Å². The highest BCUT2D eigenvalue weighted by Crippen LogP contribution is 2.30. The summed E-state index contributed by atoms with van der Waals surface area (Å²) in [5.41, 5.74) is 0.511. The molecule has 0 saturated carbocycles. The summed E-state index contributed by atoms with van der Waals surface area (Å²) in [7, 11) is 0. The van der Waals surface area contributed by atoms with Crippen molar-refractivity contribution in [2.75, 3.05) is 6.61 Å². The van der Waals surface area contributed by atoms with Crippen molar-refractivity contribution in [2.24, 2.45) is 0 Å². The highest BCUT2D eigenvalue weighted by atomic mass is 16.5. The zero-order valence-corrected chi connectivity index (χ0v) is 13.6. The second kappa shape index (κ2) is 6.32. The quantitative estimate of drug-likeness (QED) is 0.790. The summed E-state index contributed by atoms with van der Waals surface area (Å²) in [4.78, 5) is 24.3. The Balaban J connectivity index is 2.44. The third-order valence-corrected chi connectivity index (χ3v) is 4.20. The van der Waals surface area contributed by atoms with E-state index in [0.29, 0.717) is 34.1 Å². The standard InChI is InChI=1S/C20H18O4/c1-3-24-17-11-15(12(2)20(22)23)10-14-9-8-13-6-4-5-7-16(13)19(21)18(14)17/h4-12H,3H2,1-2H3,(H,22,23). The number of aliphatic carboxylic acids is 1. The Morgan fingerprint density at radius 2 is 1.83 bits per heavy atom. The van der Waals surface area contributed by atoms with Crippen molar-refractivity contribution in [3.8, 4) is 5.75 Å². The molecule has 3 rings (SSSR count). The minimum Gasteiger partial charge on any atom is -0.493 e. The van der Waals surface area contributed by atoms with Gasteiger partial charge in [-0.05, 0) is 42.3 Å². The van der Waals surface area contributed by atoms with Crippen LogP contribution in [0.3, 0.4) is 0 Å². The minimum atomic E-state index is -0.912. The van der Waals surface area contributed by atoms with E-state index in [2.05, 4.69) is 0 Å². The molecule has 0 aliphatic rings. The molecule has 3 aromatic rings. The normalized spacial score (nSPS) is 12.2. The number of fused-ring (bicyclic) bond motifs is 2. The van der Waals surface area contributed by atoms with Crippen LogP contribution in [0.25, 0.3) is 21.5 Å². The summed E-state index contributed by atoms with van der Waals surface area (Å²) in [6, 6.07) is 14.5. The van der Waals surface area contributed by atoms with Crippen molar-refractivity contribution in [2.45, 2.75) is 19.8 Å². The Morgan fingerprint density at radius 1 is 1.12 bits per heavy atom. The molecule has 0 fully saturated rings. The van der Waals surface area contributed by atoms with Gasteiger partial charge in [-0.1, -0.05) is 36.4 Å². The highest BCUT2D eigenvalue weighted by molar-refractivity contribution is 5.97. The smallest absolute Gasteiger partial charge is 0.310 e. The maximum atomic E-state index is 13.0. The van der Waals surface area contributed by atoms with Crippen LogP contribution in [0.1, 0.15) is 25.3 Å². The lowest BCUT2D eigenvalue weighted by molar-refractivity contribution is -0.138. The van der Waals surface area contributed by atoms with E-state index in [-0.39, 0.29) is 5.43 Å². The van der Waals surface area contributed by atoms with Gasteiger partial charge in [-0.25, -0.2) is 0 Å². The molecule has 0 radical (unpaired) electrons. The van der Waals surface area contributed by atoms with E-state index in [1.54, 1.807) is 25.1 Å². The van der Waals surface area contributed by atoms with E-state index in [1.807, 2.05) is 37.3 Å². The number of hydrogen-bond acceptors (Lipinski definition) is 3. The van der Waals surface area contributed by atoms with Gasteiger partial charge in [0.1, 0.15) is 5.75 Å². The molecule has 0 spiro atoms. The molecule has 24 heavy (non-hydrogen) atoms. The average Bonchev–Trinajstić information content (AvgIpc) is 2.72. The molecule has 0 amide bonds. The molecule has 0 aliphatic heterocycles. The van der Waals surface area contributed by atoms with Gasteiger partial charge in [0.15, 0.2) is 5.43 Å². The van der Waals surface area contributed by atoms with Crippen molar-refractivity contribution < 1.29 is 14.6 Å². The van der Waals surface area contributed by atoms with Crippen molar-refractivity contribution in [3.05, 3.63) is 64.3 Å². The van der Waals surface area contributed by atoms with E-state index in [0.717, 1.165) is 5.39 Å². The number of carboxylic acids is 1.